The Morgan fingerprint density at radius 3 is 2.50 bits per heavy atom. The predicted molar refractivity (Wildman–Crippen MR) is 70.6 cm³/mol. The van der Waals surface area contributed by atoms with Gasteiger partial charge in [0.2, 0.25) is 0 Å². The minimum Gasteiger partial charge on any atom is -0.423 e. The summed E-state index contributed by atoms with van der Waals surface area (Å²) in [6.45, 7) is 0. The van der Waals surface area contributed by atoms with Gasteiger partial charge in [0.05, 0.1) is 0 Å². The first-order valence-electron chi connectivity index (χ1n) is 5.70. The Labute approximate surface area is 113 Å². The Balaban J connectivity index is 2.23. The van der Waals surface area contributed by atoms with E-state index in [-0.39, 0.29) is 11.3 Å². The van der Waals surface area contributed by atoms with E-state index in [1.54, 1.807) is 0 Å². The summed E-state index contributed by atoms with van der Waals surface area (Å²) in [5, 5.41) is 20.4. The molecule has 0 aliphatic heterocycles. The Morgan fingerprint density at radius 1 is 1.10 bits per heavy atom. The zero-order valence-corrected chi connectivity index (χ0v) is 10.2. The number of amides is 1. The van der Waals surface area contributed by atoms with E-state index in [9.17, 15) is 13.6 Å². The van der Waals surface area contributed by atoms with Gasteiger partial charge in [-0.25, -0.2) is 8.78 Å². The quantitative estimate of drug-likeness (QED) is 0.730. The second kappa shape index (κ2) is 5.81. The molecule has 0 aromatic heterocycles. The van der Waals surface area contributed by atoms with E-state index in [1.807, 2.05) is 0 Å². The second-order valence-electron chi connectivity index (χ2n) is 4.07. The Bertz CT molecular complexity index is 649. The van der Waals surface area contributed by atoms with Gasteiger partial charge in [0.25, 0.3) is 5.91 Å². The van der Waals surface area contributed by atoms with Gasteiger partial charge in [-0.1, -0.05) is 6.07 Å². The summed E-state index contributed by atoms with van der Waals surface area (Å²) in [7, 11) is -2.02. The first-order valence-corrected chi connectivity index (χ1v) is 5.70. The van der Waals surface area contributed by atoms with Crippen molar-refractivity contribution in [1.29, 1.82) is 0 Å². The molecule has 20 heavy (non-hydrogen) atoms. The van der Waals surface area contributed by atoms with Crippen molar-refractivity contribution in [3.8, 4) is 0 Å². The van der Waals surface area contributed by atoms with Gasteiger partial charge in [-0.3, -0.25) is 4.79 Å². The molecule has 1 amide bonds. The lowest BCUT2D eigenvalue weighted by atomic mass is 9.79. The topological polar surface area (TPSA) is 69.6 Å². The summed E-state index contributed by atoms with van der Waals surface area (Å²) < 4.78 is 26.2. The van der Waals surface area contributed by atoms with Crippen molar-refractivity contribution in [3.05, 3.63) is 59.7 Å². The molecule has 3 N–H and O–H groups in total. The zero-order valence-electron chi connectivity index (χ0n) is 10.2. The molecule has 0 aliphatic rings. The summed E-state index contributed by atoms with van der Waals surface area (Å²) in [4.78, 5) is 11.9. The van der Waals surface area contributed by atoms with Crippen LogP contribution in [0.25, 0.3) is 0 Å². The number of carbonyl (C=O) groups is 1. The second-order valence-corrected chi connectivity index (χ2v) is 4.07. The van der Waals surface area contributed by atoms with Gasteiger partial charge in [-0.05, 0) is 36.4 Å². The molecule has 0 spiro atoms. The van der Waals surface area contributed by atoms with E-state index >= 15 is 0 Å². The molecule has 7 heteroatoms. The van der Waals surface area contributed by atoms with Crippen LogP contribution in [0, 0.1) is 11.6 Å². The van der Waals surface area contributed by atoms with Crippen molar-refractivity contribution < 1.29 is 23.6 Å². The molecule has 0 atom stereocenters. The van der Waals surface area contributed by atoms with Crippen LogP contribution in [-0.4, -0.2) is 23.1 Å². The largest absolute Gasteiger partial charge is 0.491 e. The van der Waals surface area contributed by atoms with Crippen LogP contribution in [0.15, 0.2) is 42.5 Å². The Morgan fingerprint density at radius 2 is 1.85 bits per heavy atom. The lowest BCUT2D eigenvalue weighted by molar-refractivity contribution is 0.102. The number of carbonyl (C=O) groups excluding carboxylic acids is 1. The third-order valence-electron chi connectivity index (χ3n) is 2.62. The van der Waals surface area contributed by atoms with E-state index in [0.717, 1.165) is 18.2 Å². The molecule has 0 bridgehead atoms. The molecule has 0 saturated heterocycles. The molecule has 0 aliphatic carbocycles. The van der Waals surface area contributed by atoms with E-state index in [1.165, 1.54) is 24.3 Å². The van der Waals surface area contributed by atoms with Crippen molar-refractivity contribution in [1.82, 2.24) is 0 Å². The molecular formula is C13H10BF2NO3. The van der Waals surface area contributed by atoms with Gasteiger partial charge in [-0.15, -0.1) is 0 Å². The van der Waals surface area contributed by atoms with Crippen LogP contribution in [-0.2, 0) is 0 Å². The summed E-state index contributed by atoms with van der Waals surface area (Å²) >= 11 is 0. The standard InChI is InChI=1S/C13H10BF2NO3/c15-9-2-1-3-10(7-9)17-13(18)8-4-5-12(16)11(6-8)14(19)20/h1-7,19-20H,(H,17,18). The first-order chi connectivity index (χ1) is 9.47. The number of benzene rings is 2. The minimum atomic E-state index is -2.02. The van der Waals surface area contributed by atoms with Crippen LogP contribution in [0.4, 0.5) is 14.5 Å². The fourth-order valence-electron chi connectivity index (χ4n) is 1.65. The van der Waals surface area contributed by atoms with Crippen LogP contribution in [0.5, 0.6) is 0 Å². The maximum Gasteiger partial charge on any atom is 0.491 e. The molecule has 0 radical (unpaired) electrons. The Kier molecular flexibility index (Phi) is 4.12. The maximum atomic E-state index is 13.3. The summed E-state index contributed by atoms with van der Waals surface area (Å²) in [6, 6.07) is 8.45. The molecule has 2 aromatic rings. The molecular weight excluding hydrogens is 267 g/mol. The number of halogens is 2. The number of anilines is 1. The minimum absolute atomic E-state index is 0.0266. The molecule has 2 aromatic carbocycles. The van der Waals surface area contributed by atoms with Gasteiger partial charge in [0, 0.05) is 16.7 Å². The lowest BCUT2D eigenvalue weighted by Gasteiger charge is -2.07. The van der Waals surface area contributed by atoms with Crippen molar-refractivity contribution in [2.45, 2.75) is 0 Å². The molecule has 0 unspecified atom stereocenters. The molecule has 0 heterocycles. The van der Waals surface area contributed by atoms with Gasteiger partial charge < -0.3 is 15.4 Å². The maximum absolute atomic E-state index is 13.3. The van der Waals surface area contributed by atoms with Crippen LogP contribution in [0.3, 0.4) is 0 Å². The number of nitrogens with one attached hydrogen (secondary N) is 1. The fraction of sp³-hybridized carbons (Fsp3) is 0. The SMILES string of the molecule is O=C(Nc1cccc(F)c1)c1ccc(F)c(B(O)O)c1. The van der Waals surface area contributed by atoms with E-state index < -0.39 is 30.1 Å². The van der Waals surface area contributed by atoms with Crippen molar-refractivity contribution in [3.63, 3.8) is 0 Å². The van der Waals surface area contributed by atoms with Gasteiger partial charge in [0.15, 0.2) is 0 Å². The highest BCUT2D eigenvalue weighted by Crippen LogP contribution is 2.11. The molecule has 0 fully saturated rings. The van der Waals surface area contributed by atoms with E-state index in [0.29, 0.717) is 0 Å². The Hall–Kier alpha value is -2.25. The van der Waals surface area contributed by atoms with Crippen molar-refractivity contribution in [2.24, 2.45) is 0 Å². The smallest absolute Gasteiger partial charge is 0.423 e. The van der Waals surface area contributed by atoms with Crippen LogP contribution < -0.4 is 10.8 Å². The molecule has 2 rings (SSSR count). The summed E-state index contributed by atoms with van der Waals surface area (Å²) in [5.74, 6) is -1.95. The monoisotopic (exact) mass is 277 g/mol. The number of rotatable bonds is 3. The molecule has 102 valence electrons. The van der Waals surface area contributed by atoms with E-state index in [4.69, 9.17) is 10.0 Å². The first kappa shape index (κ1) is 14.2. The van der Waals surface area contributed by atoms with Crippen LogP contribution in [0.1, 0.15) is 10.4 Å². The predicted octanol–water partition coefficient (Wildman–Crippen LogP) is 0.897. The molecule has 4 nitrogen and oxygen atoms in total. The average molecular weight is 277 g/mol. The van der Waals surface area contributed by atoms with Gasteiger partial charge in [0.1, 0.15) is 11.6 Å². The van der Waals surface area contributed by atoms with Crippen molar-refractivity contribution >= 4 is 24.2 Å². The third-order valence-corrected chi connectivity index (χ3v) is 2.62. The summed E-state index contributed by atoms with van der Waals surface area (Å²) in [5.41, 5.74) is -0.138. The highest BCUT2D eigenvalue weighted by molar-refractivity contribution is 6.58. The highest BCUT2D eigenvalue weighted by Gasteiger charge is 2.18. The van der Waals surface area contributed by atoms with Gasteiger partial charge >= 0.3 is 7.12 Å². The zero-order chi connectivity index (χ0) is 14.7. The van der Waals surface area contributed by atoms with Gasteiger partial charge in [-0.2, -0.15) is 0 Å². The lowest BCUT2D eigenvalue weighted by Crippen LogP contribution is -2.33. The fourth-order valence-corrected chi connectivity index (χ4v) is 1.65. The number of hydrogen-bond donors (Lipinski definition) is 3. The van der Waals surface area contributed by atoms with Crippen LogP contribution >= 0.6 is 0 Å². The molecule has 0 saturated carbocycles. The van der Waals surface area contributed by atoms with Crippen LogP contribution in [0.2, 0.25) is 0 Å². The highest BCUT2D eigenvalue weighted by atomic mass is 19.1. The third kappa shape index (κ3) is 3.20. The average Bonchev–Trinajstić information content (AvgIpc) is 2.38. The summed E-state index contributed by atoms with van der Waals surface area (Å²) in [6.07, 6.45) is 0. The normalized spacial score (nSPS) is 10.2. The van der Waals surface area contributed by atoms with Crippen molar-refractivity contribution in [2.75, 3.05) is 5.32 Å². The van der Waals surface area contributed by atoms with E-state index in [2.05, 4.69) is 5.32 Å². The number of hydrogen-bond acceptors (Lipinski definition) is 3.